The fraction of sp³-hybridized carbons (Fsp3) is 0.435. The Balaban J connectivity index is 1.42. The second-order valence-corrected chi connectivity index (χ2v) is 8.15. The summed E-state index contributed by atoms with van der Waals surface area (Å²) in [4.78, 5) is 31.8. The molecule has 5 heteroatoms. The number of rotatable bonds is 6. The highest BCUT2D eigenvalue weighted by atomic mass is 16.2. The summed E-state index contributed by atoms with van der Waals surface area (Å²) < 4.78 is 0. The molecule has 0 bridgehead atoms. The van der Waals surface area contributed by atoms with Crippen LogP contribution in [-0.2, 0) is 17.9 Å². The molecule has 1 N–H and O–H groups in total. The van der Waals surface area contributed by atoms with E-state index in [0.717, 1.165) is 42.5 Å². The molecule has 1 saturated carbocycles. The average molecular weight is 377 g/mol. The highest BCUT2D eigenvalue weighted by Crippen LogP contribution is 2.41. The van der Waals surface area contributed by atoms with Crippen LogP contribution in [0.25, 0.3) is 0 Å². The highest BCUT2D eigenvalue weighted by molar-refractivity contribution is 5.98. The third kappa shape index (κ3) is 4.08. The quantitative estimate of drug-likeness (QED) is 0.835. The summed E-state index contributed by atoms with van der Waals surface area (Å²) >= 11 is 0. The van der Waals surface area contributed by atoms with E-state index in [1.165, 1.54) is 6.42 Å². The normalized spacial score (nSPS) is 18.0. The Morgan fingerprint density at radius 2 is 1.86 bits per heavy atom. The molecule has 0 spiro atoms. The van der Waals surface area contributed by atoms with Crippen molar-refractivity contribution in [1.82, 2.24) is 15.2 Å². The number of aromatic nitrogens is 1. The summed E-state index contributed by atoms with van der Waals surface area (Å²) in [7, 11) is 0. The van der Waals surface area contributed by atoms with E-state index < -0.39 is 0 Å². The molecule has 1 fully saturated rings. The number of pyridine rings is 1. The number of benzene rings is 1. The molecule has 0 atom stereocenters. The van der Waals surface area contributed by atoms with Crippen LogP contribution in [0.5, 0.6) is 0 Å². The Kier molecular flexibility index (Phi) is 5.42. The van der Waals surface area contributed by atoms with Gasteiger partial charge >= 0.3 is 0 Å². The molecule has 4 rings (SSSR count). The zero-order valence-electron chi connectivity index (χ0n) is 16.2. The summed E-state index contributed by atoms with van der Waals surface area (Å²) in [6.45, 7) is 1.77. The molecule has 2 aliphatic rings. The van der Waals surface area contributed by atoms with Crippen molar-refractivity contribution in [1.29, 1.82) is 0 Å². The Hall–Kier alpha value is -2.69. The van der Waals surface area contributed by atoms with Gasteiger partial charge in [0.1, 0.15) is 0 Å². The summed E-state index contributed by atoms with van der Waals surface area (Å²) in [6.07, 6.45) is 7.69. The molecule has 2 heterocycles. The maximum atomic E-state index is 12.8. The van der Waals surface area contributed by atoms with Crippen LogP contribution in [0, 0.1) is 5.41 Å². The highest BCUT2D eigenvalue weighted by Gasteiger charge is 2.39. The minimum absolute atomic E-state index is 0.0525. The van der Waals surface area contributed by atoms with Crippen LogP contribution >= 0.6 is 0 Å². The van der Waals surface area contributed by atoms with Gasteiger partial charge in [-0.3, -0.25) is 14.6 Å². The number of carbonyl (C=O) groups excluding carboxylic acids is 2. The molecular formula is C23H27N3O2. The van der Waals surface area contributed by atoms with E-state index in [9.17, 15) is 9.59 Å². The number of carbonyl (C=O) groups is 2. The van der Waals surface area contributed by atoms with Crippen molar-refractivity contribution in [3.63, 3.8) is 0 Å². The molecule has 1 aromatic carbocycles. The third-order valence-corrected chi connectivity index (χ3v) is 6.07. The first-order chi connectivity index (χ1) is 13.7. The van der Waals surface area contributed by atoms with Gasteiger partial charge in [-0.25, -0.2) is 0 Å². The van der Waals surface area contributed by atoms with Crippen LogP contribution < -0.4 is 5.32 Å². The lowest BCUT2D eigenvalue weighted by molar-refractivity contribution is -0.124. The molecule has 0 saturated heterocycles. The standard InChI is InChI=1S/C23H27N3O2/c27-21(25-15-19-9-4-7-13-24-19)14-23(11-5-1-6-12-23)17-26-16-18-8-2-3-10-20(18)22(26)28/h2-4,7-10,13H,1,5-6,11-12,14-17H2,(H,25,27). The van der Waals surface area contributed by atoms with Gasteiger partial charge in [-0.15, -0.1) is 0 Å². The molecule has 1 aliphatic carbocycles. The van der Waals surface area contributed by atoms with Gasteiger partial charge in [0.25, 0.3) is 5.91 Å². The first kappa shape index (κ1) is 18.7. The summed E-state index contributed by atoms with van der Waals surface area (Å²) in [6, 6.07) is 13.5. The molecule has 2 amide bonds. The van der Waals surface area contributed by atoms with Crippen molar-refractivity contribution in [2.45, 2.75) is 51.6 Å². The minimum atomic E-state index is -0.121. The number of nitrogens with zero attached hydrogens (tertiary/aromatic N) is 2. The largest absolute Gasteiger partial charge is 0.350 e. The molecule has 146 valence electrons. The van der Waals surface area contributed by atoms with Gasteiger partial charge in [0, 0.05) is 31.3 Å². The molecular weight excluding hydrogens is 350 g/mol. The average Bonchev–Trinajstić information content (AvgIpc) is 3.03. The van der Waals surface area contributed by atoms with Crippen molar-refractivity contribution >= 4 is 11.8 Å². The monoisotopic (exact) mass is 377 g/mol. The van der Waals surface area contributed by atoms with E-state index in [4.69, 9.17) is 0 Å². The zero-order valence-corrected chi connectivity index (χ0v) is 16.2. The predicted molar refractivity (Wildman–Crippen MR) is 107 cm³/mol. The van der Waals surface area contributed by atoms with Gasteiger partial charge in [0.15, 0.2) is 0 Å². The Morgan fingerprint density at radius 1 is 1.07 bits per heavy atom. The van der Waals surface area contributed by atoms with E-state index in [1.807, 2.05) is 47.4 Å². The molecule has 1 aliphatic heterocycles. The van der Waals surface area contributed by atoms with E-state index in [0.29, 0.717) is 26.1 Å². The summed E-state index contributed by atoms with van der Waals surface area (Å²) in [5.74, 6) is 0.158. The van der Waals surface area contributed by atoms with Crippen LogP contribution in [0.2, 0.25) is 0 Å². The number of hydrogen-bond acceptors (Lipinski definition) is 3. The Morgan fingerprint density at radius 3 is 2.61 bits per heavy atom. The Bertz CT molecular complexity index is 844. The van der Waals surface area contributed by atoms with Crippen molar-refractivity contribution in [2.75, 3.05) is 6.54 Å². The van der Waals surface area contributed by atoms with Gasteiger partial charge < -0.3 is 10.2 Å². The molecule has 5 nitrogen and oxygen atoms in total. The first-order valence-electron chi connectivity index (χ1n) is 10.2. The SMILES string of the molecule is O=C(CC1(CN2Cc3ccccc3C2=O)CCCCC1)NCc1ccccn1. The summed E-state index contributed by atoms with van der Waals surface area (Å²) in [5, 5.41) is 3.02. The van der Waals surface area contributed by atoms with E-state index in [-0.39, 0.29) is 17.2 Å². The minimum Gasteiger partial charge on any atom is -0.350 e. The summed E-state index contributed by atoms with van der Waals surface area (Å²) in [5.41, 5.74) is 2.65. The molecule has 2 aromatic rings. The molecule has 28 heavy (non-hydrogen) atoms. The van der Waals surface area contributed by atoms with Crippen molar-refractivity contribution in [3.05, 3.63) is 65.5 Å². The number of nitrogens with one attached hydrogen (secondary N) is 1. The third-order valence-electron chi connectivity index (χ3n) is 6.07. The maximum Gasteiger partial charge on any atom is 0.254 e. The lowest BCUT2D eigenvalue weighted by Crippen LogP contribution is -2.42. The van der Waals surface area contributed by atoms with Gasteiger partial charge in [0.2, 0.25) is 5.91 Å². The Labute approximate surface area is 166 Å². The van der Waals surface area contributed by atoms with Gasteiger partial charge in [-0.05, 0) is 42.0 Å². The smallest absolute Gasteiger partial charge is 0.254 e. The lowest BCUT2D eigenvalue weighted by Gasteiger charge is -2.39. The fourth-order valence-electron chi connectivity index (χ4n) is 4.63. The van der Waals surface area contributed by atoms with Gasteiger partial charge in [0.05, 0.1) is 12.2 Å². The lowest BCUT2D eigenvalue weighted by atomic mass is 9.71. The van der Waals surface area contributed by atoms with Gasteiger partial charge in [-0.2, -0.15) is 0 Å². The van der Waals surface area contributed by atoms with Crippen LogP contribution in [0.1, 0.15) is 60.1 Å². The second-order valence-electron chi connectivity index (χ2n) is 8.15. The van der Waals surface area contributed by atoms with Crippen molar-refractivity contribution < 1.29 is 9.59 Å². The number of fused-ring (bicyclic) bond motifs is 1. The van der Waals surface area contributed by atoms with Crippen LogP contribution in [-0.4, -0.2) is 28.2 Å². The van der Waals surface area contributed by atoms with Crippen molar-refractivity contribution in [3.8, 4) is 0 Å². The van der Waals surface area contributed by atoms with Crippen molar-refractivity contribution in [2.24, 2.45) is 5.41 Å². The zero-order chi connectivity index (χ0) is 19.4. The molecule has 0 radical (unpaired) electrons. The van der Waals surface area contributed by atoms with E-state index >= 15 is 0 Å². The number of hydrogen-bond donors (Lipinski definition) is 1. The molecule has 1 aromatic heterocycles. The van der Waals surface area contributed by atoms with Gasteiger partial charge in [-0.1, -0.05) is 43.5 Å². The number of amides is 2. The molecule has 0 unspecified atom stereocenters. The first-order valence-corrected chi connectivity index (χ1v) is 10.2. The van der Waals surface area contributed by atoms with Crippen LogP contribution in [0.3, 0.4) is 0 Å². The fourth-order valence-corrected chi connectivity index (χ4v) is 4.63. The predicted octanol–water partition coefficient (Wildman–Crippen LogP) is 3.69. The van der Waals surface area contributed by atoms with Crippen LogP contribution in [0.15, 0.2) is 48.7 Å². The maximum absolute atomic E-state index is 12.8. The topological polar surface area (TPSA) is 62.3 Å². The van der Waals surface area contributed by atoms with Crippen LogP contribution in [0.4, 0.5) is 0 Å². The van der Waals surface area contributed by atoms with E-state index in [1.54, 1.807) is 6.20 Å². The van der Waals surface area contributed by atoms with E-state index in [2.05, 4.69) is 10.3 Å². The second kappa shape index (κ2) is 8.13.